The van der Waals surface area contributed by atoms with Crippen LogP contribution in [0.3, 0.4) is 0 Å². The number of aryl methyl sites for hydroxylation is 1. The summed E-state index contributed by atoms with van der Waals surface area (Å²) in [4.78, 5) is 6.56. The molecule has 0 aliphatic carbocycles. The fourth-order valence-corrected chi connectivity index (χ4v) is 3.71. The number of nitrogen functional groups attached to an aromatic ring is 1. The smallest absolute Gasteiger partial charge is 0.150 e. The highest BCUT2D eigenvalue weighted by Crippen LogP contribution is 2.22. The average molecular weight is 376 g/mol. The zero-order valence-electron chi connectivity index (χ0n) is 16.3. The van der Waals surface area contributed by atoms with Crippen LogP contribution in [0.15, 0.2) is 37.5 Å². The van der Waals surface area contributed by atoms with Gasteiger partial charge in [0.05, 0.1) is 5.01 Å². The molecular weight excluding hydrogens is 342 g/mol. The second-order valence-corrected chi connectivity index (χ2v) is 7.60. The van der Waals surface area contributed by atoms with Gasteiger partial charge in [-0.2, -0.15) is 0 Å². The lowest BCUT2D eigenvalue weighted by atomic mass is 10.0. The molecule has 4 N–H and O–H groups in total. The molecule has 5 nitrogen and oxygen atoms in total. The summed E-state index contributed by atoms with van der Waals surface area (Å²) < 4.78 is 0. The van der Waals surface area contributed by atoms with E-state index < -0.39 is 0 Å². The molecule has 2 rings (SSSR count). The van der Waals surface area contributed by atoms with Gasteiger partial charge < -0.3 is 16.0 Å². The maximum absolute atomic E-state index is 8.52. The Hall–Kier alpha value is -1.92. The van der Waals surface area contributed by atoms with Crippen molar-refractivity contribution in [1.82, 2.24) is 15.2 Å². The second-order valence-electron chi connectivity index (χ2n) is 6.37. The molecule has 0 spiro atoms. The van der Waals surface area contributed by atoms with E-state index in [9.17, 15) is 0 Å². The molecule has 1 saturated heterocycles. The minimum absolute atomic E-state index is 0.374. The molecule has 144 valence electrons. The molecule has 26 heavy (non-hydrogen) atoms. The number of nitrogens with zero attached hydrogens (tertiary/aromatic N) is 2. The zero-order chi connectivity index (χ0) is 19.5. The average Bonchev–Trinajstić information content (AvgIpc) is 2.82. The van der Waals surface area contributed by atoms with Crippen molar-refractivity contribution in [3.05, 3.63) is 48.2 Å². The Morgan fingerprint density at radius 2 is 2.23 bits per heavy atom. The van der Waals surface area contributed by atoms with Crippen LogP contribution in [-0.4, -0.2) is 41.4 Å². The van der Waals surface area contributed by atoms with Crippen molar-refractivity contribution >= 4 is 22.2 Å². The van der Waals surface area contributed by atoms with Crippen LogP contribution in [0.25, 0.3) is 0 Å². The quantitative estimate of drug-likeness (QED) is 0.315. The molecule has 1 aromatic rings. The third kappa shape index (κ3) is 6.77. The van der Waals surface area contributed by atoms with Crippen LogP contribution < -0.4 is 11.1 Å². The molecule has 0 radical (unpaired) electrons. The van der Waals surface area contributed by atoms with Crippen molar-refractivity contribution in [2.45, 2.75) is 39.7 Å². The van der Waals surface area contributed by atoms with Crippen LogP contribution in [0.5, 0.6) is 0 Å². The number of nitrogens with one attached hydrogen (secondary N) is 2. The van der Waals surface area contributed by atoms with Crippen molar-refractivity contribution in [3.8, 4) is 0 Å². The van der Waals surface area contributed by atoms with Gasteiger partial charge in [-0.3, -0.25) is 5.41 Å². The van der Waals surface area contributed by atoms with E-state index >= 15 is 0 Å². The third-order valence-electron chi connectivity index (χ3n) is 4.18. The molecule has 2 unspecified atom stereocenters. The molecule has 1 fully saturated rings. The Balaban J connectivity index is 0.00000163. The Labute approximate surface area is 162 Å². The van der Waals surface area contributed by atoms with Gasteiger partial charge >= 0.3 is 0 Å². The number of hydrogen-bond acceptors (Lipinski definition) is 5. The largest absolute Gasteiger partial charge is 0.389 e. The number of allylic oxidation sites excluding steroid dienone is 4. The molecule has 0 aromatic carbocycles. The highest BCUT2D eigenvalue weighted by molar-refractivity contribution is 7.15. The molecule has 6 heteroatoms. The van der Waals surface area contributed by atoms with E-state index in [1.807, 2.05) is 19.9 Å². The van der Waals surface area contributed by atoms with Gasteiger partial charge in [-0.05, 0) is 39.2 Å². The monoisotopic (exact) mass is 375 g/mol. The summed E-state index contributed by atoms with van der Waals surface area (Å²) in [6.07, 6.45) is 10.5. The molecule has 1 aliphatic heterocycles. The van der Waals surface area contributed by atoms with E-state index in [2.05, 4.69) is 53.5 Å². The minimum atomic E-state index is 0.374. The molecule has 2 atom stereocenters. The van der Waals surface area contributed by atoms with Crippen molar-refractivity contribution < 1.29 is 0 Å². The summed E-state index contributed by atoms with van der Waals surface area (Å²) in [5.41, 5.74) is 6.67. The van der Waals surface area contributed by atoms with Gasteiger partial charge in [0.25, 0.3) is 0 Å². The summed E-state index contributed by atoms with van der Waals surface area (Å²) in [6, 6.07) is 0.374. The number of nitrogens with two attached hydrogens (primary N) is 1. The molecule has 0 saturated carbocycles. The number of amidine groups is 1. The van der Waals surface area contributed by atoms with E-state index in [-0.39, 0.29) is 0 Å². The van der Waals surface area contributed by atoms with Crippen molar-refractivity contribution in [1.29, 1.82) is 5.41 Å². The fraction of sp³-hybridized carbons (Fsp3) is 0.500. The van der Waals surface area contributed by atoms with E-state index in [1.54, 1.807) is 0 Å². The standard InChI is InChI=1S/C18H29N5S.C2H4/c1-4-5-6-8-13(2)11-15-12-23(10-7-9-21-15)17(19)16-18(20)24-14(3)22-16;1-2/h4-6,8,13,15,19,21H,7,9-12,20H2,1-3H3;1-2H2/b5-4-,8-6-,19-17?;. The van der Waals surface area contributed by atoms with Crippen LogP contribution in [0.2, 0.25) is 0 Å². The maximum atomic E-state index is 8.52. The van der Waals surface area contributed by atoms with Gasteiger partial charge in [-0.25, -0.2) is 4.98 Å². The third-order valence-corrected chi connectivity index (χ3v) is 4.98. The van der Waals surface area contributed by atoms with Crippen LogP contribution in [0.4, 0.5) is 5.00 Å². The van der Waals surface area contributed by atoms with Crippen LogP contribution in [0, 0.1) is 18.3 Å². The predicted octanol–water partition coefficient (Wildman–Crippen LogP) is 3.98. The van der Waals surface area contributed by atoms with Crippen LogP contribution in [0.1, 0.15) is 37.4 Å². The van der Waals surface area contributed by atoms with E-state index in [0.717, 1.165) is 37.5 Å². The number of thiazole rings is 1. The first-order chi connectivity index (χ1) is 12.5. The Kier molecular flexibility index (Phi) is 9.91. The van der Waals surface area contributed by atoms with Crippen LogP contribution in [-0.2, 0) is 0 Å². The topological polar surface area (TPSA) is 78.0 Å². The molecule has 0 amide bonds. The van der Waals surface area contributed by atoms with Crippen molar-refractivity contribution in [2.75, 3.05) is 25.4 Å². The van der Waals surface area contributed by atoms with Gasteiger partial charge in [-0.1, -0.05) is 31.2 Å². The molecule has 1 aromatic heterocycles. The van der Waals surface area contributed by atoms with E-state index in [1.165, 1.54) is 11.3 Å². The van der Waals surface area contributed by atoms with Gasteiger partial charge in [0, 0.05) is 19.1 Å². The lowest BCUT2D eigenvalue weighted by molar-refractivity contribution is 0.364. The Morgan fingerprint density at radius 1 is 1.50 bits per heavy atom. The lowest BCUT2D eigenvalue weighted by Gasteiger charge is -2.27. The summed E-state index contributed by atoms with van der Waals surface area (Å²) in [7, 11) is 0. The number of rotatable bonds is 5. The highest BCUT2D eigenvalue weighted by Gasteiger charge is 2.24. The molecule has 2 heterocycles. The van der Waals surface area contributed by atoms with Crippen LogP contribution >= 0.6 is 11.3 Å². The summed E-state index contributed by atoms with van der Waals surface area (Å²) >= 11 is 1.46. The Bertz CT molecular complexity index is 620. The first-order valence-electron chi connectivity index (χ1n) is 9.11. The van der Waals surface area contributed by atoms with Gasteiger partial charge in [0.1, 0.15) is 16.5 Å². The first kappa shape index (κ1) is 22.1. The number of hydrogen-bond donors (Lipinski definition) is 3. The lowest BCUT2D eigenvalue weighted by Crippen LogP contribution is -2.41. The number of aromatic nitrogens is 1. The summed E-state index contributed by atoms with van der Waals surface area (Å²) in [5.74, 6) is 0.960. The molecule has 1 aliphatic rings. The fourth-order valence-electron chi connectivity index (χ4n) is 3.01. The highest BCUT2D eigenvalue weighted by atomic mass is 32.1. The van der Waals surface area contributed by atoms with E-state index in [4.69, 9.17) is 11.1 Å². The first-order valence-corrected chi connectivity index (χ1v) is 9.92. The van der Waals surface area contributed by atoms with Gasteiger partial charge in [-0.15, -0.1) is 24.5 Å². The zero-order valence-corrected chi connectivity index (χ0v) is 17.1. The van der Waals surface area contributed by atoms with Crippen molar-refractivity contribution in [2.24, 2.45) is 5.92 Å². The summed E-state index contributed by atoms with van der Waals surface area (Å²) in [5, 5.41) is 13.7. The number of anilines is 1. The summed E-state index contributed by atoms with van der Waals surface area (Å²) in [6.45, 7) is 14.9. The normalized spacial score (nSPS) is 19.2. The SMILES string of the molecule is C/C=C\C=C/C(C)CC1CN(C(=N)c2nc(C)sc2N)CCCN1.C=C. The molecular formula is C20H33N5S. The van der Waals surface area contributed by atoms with Gasteiger partial charge in [0.2, 0.25) is 0 Å². The minimum Gasteiger partial charge on any atom is -0.389 e. The predicted molar refractivity (Wildman–Crippen MR) is 115 cm³/mol. The van der Waals surface area contributed by atoms with Crippen molar-refractivity contribution in [3.63, 3.8) is 0 Å². The second kappa shape index (κ2) is 11.6. The van der Waals surface area contributed by atoms with Gasteiger partial charge in [0.15, 0.2) is 0 Å². The Morgan fingerprint density at radius 3 is 2.85 bits per heavy atom. The maximum Gasteiger partial charge on any atom is 0.150 e. The van der Waals surface area contributed by atoms with E-state index in [0.29, 0.717) is 28.5 Å². The molecule has 0 bridgehead atoms.